The van der Waals surface area contributed by atoms with Crippen LogP contribution >= 0.6 is 11.6 Å². The lowest BCUT2D eigenvalue weighted by Gasteiger charge is -2.28. The molecular formula is C14H16ClNO3. The van der Waals surface area contributed by atoms with Gasteiger partial charge in [-0.3, -0.25) is 9.69 Å². The molecule has 0 N–H and O–H groups in total. The number of amides is 1. The van der Waals surface area contributed by atoms with E-state index >= 15 is 0 Å². The number of carbonyl (C=O) groups is 2. The minimum Gasteiger partial charge on any atom is -0.464 e. The monoisotopic (exact) mass is 281 g/mol. The van der Waals surface area contributed by atoms with Crippen LogP contribution in [0.3, 0.4) is 0 Å². The molecule has 1 heterocycles. The Morgan fingerprint density at radius 3 is 2.53 bits per heavy atom. The topological polar surface area (TPSA) is 46.6 Å². The molecule has 0 saturated carbocycles. The predicted molar refractivity (Wildman–Crippen MR) is 73.5 cm³/mol. The smallest absolute Gasteiger partial charge is 0.329 e. The van der Waals surface area contributed by atoms with Gasteiger partial charge in [0, 0.05) is 6.42 Å². The molecule has 1 amide bonds. The number of hydrogen-bond acceptors (Lipinski definition) is 3. The zero-order valence-corrected chi connectivity index (χ0v) is 11.7. The number of anilines is 1. The number of carbonyl (C=O) groups excluding carboxylic acids is 2. The summed E-state index contributed by atoms with van der Waals surface area (Å²) in [7, 11) is 0. The van der Waals surface area contributed by atoms with Gasteiger partial charge in [-0.05, 0) is 25.0 Å². The third-order valence-electron chi connectivity index (χ3n) is 3.28. The second kappa shape index (κ2) is 5.61. The molecule has 0 radical (unpaired) electrons. The van der Waals surface area contributed by atoms with Gasteiger partial charge in [0.2, 0.25) is 5.91 Å². The van der Waals surface area contributed by atoms with E-state index in [1.165, 1.54) is 4.90 Å². The normalized spacial score (nSPS) is 18.3. The number of aryl methyl sites for hydroxylation is 2. The Kier molecular flexibility index (Phi) is 4.10. The van der Waals surface area contributed by atoms with E-state index in [-0.39, 0.29) is 17.8 Å². The van der Waals surface area contributed by atoms with E-state index in [1.807, 2.05) is 32.0 Å². The van der Waals surface area contributed by atoms with E-state index in [9.17, 15) is 9.59 Å². The molecule has 5 heteroatoms. The second-order valence-corrected chi connectivity index (χ2v) is 4.88. The first-order valence-corrected chi connectivity index (χ1v) is 6.70. The maximum absolute atomic E-state index is 12.1. The van der Waals surface area contributed by atoms with Crippen LogP contribution in [0.25, 0.3) is 0 Å². The van der Waals surface area contributed by atoms with Gasteiger partial charge in [-0.25, -0.2) is 4.79 Å². The van der Waals surface area contributed by atoms with E-state index in [0.717, 1.165) is 16.8 Å². The molecule has 1 aromatic rings. The third-order valence-corrected chi connectivity index (χ3v) is 3.51. The second-order valence-electron chi connectivity index (χ2n) is 4.61. The standard InChI is InChI=1S/C14H16ClNO3/c1-9-4-3-5-10(2)13(9)16(12(17)8-15)11-6-7-19-14(11)18/h3-5,11H,6-8H2,1-2H3/t11-/m1/s1. The fourth-order valence-corrected chi connectivity index (χ4v) is 2.55. The highest BCUT2D eigenvalue weighted by molar-refractivity contribution is 6.30. The number of esters is 1. The van der Waals surface area contributed by atoms with E-state index in [2.05, 4.69) is 0 Å². The fourth-order valence-electron chi connectivity index (χ4n) is 2.42. The first-order valence-electron chi connectivity index (χ1n) is 6.17. The van der Waals surface area contributed by atoms with Gasteiger partial charge in [0.1, 0.15) is 11.9 Å². The average molecular weight is 282 g/mol. The molecule has 102 valence electrons. The van der Waals surface area contributed by atoms with Crippen LogP contribution in [0.5, 0.6) is 0 Å². The molecule has 1 aliphatic heterocycles. The number of rotatable bonds is 3. The zero-order chi connectivity index (χ0) is 14.0. The van der Waals surface area contributed by atoms with Crippen molar-refractivity contribution in [2.75, 3.05) is 17.4 Å². The lowest BCUT2D eigenvalue weighted by Crippen LogP contribution is -2.44. The molecule has 2 rings (SSSR count). The number of cyclic esters (lactones) is 1. The summed E-state index contributed by atoms with van der Waals surface area (Å²) in [6.07, 6.45) is 0.509. The summed E-state index contributed by atoms with van der Waals surface area (Å²) in [5.74, 6) is -0.790. The highest BCUT2D eigenvalue weighted by atomic mass is 35.5. The molecule has 1 saturated heterocycles. The molecule has 1 aliphatic rings. The van der Waals surface area contributed by atoms with Crippen molar-refractivity contribution in [1.29, 1.82) is 0 Å². The fraction of sp³-hybridized carbons (Fsp3) is 0.429. The number of nitrogens with zero attached hydrogens (tertiary/aromatic N) is 1. The summed E-state index contributed by atoms with van der Waals surface area (Å²) in [5, 5.41) is 0. The Morgan fingerprint density at radius 1 is 1.42 bits per heavy atom. The quantitative estimate of drug-likeness (QED) is 0.630. The van der Waals surface area contributed by atoms with Gasteiger partial charge in [0.05, 0.1) is 12.3 Å². The number of halogens is 1. The van der Waals surface area contributed by atoms with Crippen LogP contribution in [-0.2, 0) is 14.3 Å². The van der Waals surface area contributed by atoms with Crippen LogP contribution in [0.4, 0.5) is 5.69 Å². The summed E-state index contributed by atoms with van der Waals surface area (Å²) in [6.45, 7) is 4.18. The Balaban J connectivity index is 2.49. The van der Waals surface area contributed by atoms with Crippen molar-refractivity contribution < 1.29 is 14.3 Å². The van der Waals surface area contributed by atoms with Crippen LogP contribution in [-0.4, -0.2) is 30.4 Å². The van der Waals surface area contributed by atoms with E-state index in [4.69, 9.17) is 16.3 Å². The number of hydrogen-bond donors (Lipinski definition) is 0. The largest absolute Gasteiger partial charge is 0.464 e. The lowest BCUT2D eigenvalue weighted by molar-refractivity contribution is -0.140. The molecule has 0 bridgehead atoms. The lowest BCUT2D eigenvalue weighted by atomic mass is 10.0. The SMILES string of the molecule is Cc1cccc(C)c1N(C(=O)CCl)[C@@H]1CCOC1=O. The van der Waals surface area contributed by atoms with Crippen molar-refractivity contribution in [1.82, 2.24) is 0 Å². The average Bonchev–Trinajstić information content (AvgIpc) is 2.79. The molecule has 0 unspecified atom stereocenters. The first kappa shape index (κ1) is 13.9. The predicted octanol–water partition coefficient (Wildman–Crippen LogP) is 2.19. The van der Waals surface area contributed by atoms with Gasteiger partial charge in [-0.15, -0.1) is 11.6 Å². The van der Waals surface area contributed by atoms with Crippen LogP contribution in [0.2, 0.25) is 0 Å². The van der Waals surface area contributed by atoms with Crippen LogP contribution in [0.1, 0.15) is 17.5 Å². The summed E-state index contributed by atoms with van der Waals surface area (Å²) < 4.78 is 4.97. The van der Waals surface area contributed by atoms with Gasteiger partial charge in [-0.1, -0.05) is 18.2 Å². The summed E-state index contributed by atoms with van der Waals surface area (Å²) in [4.78, 5) is 25.4. The van der Waals surface area contributed by atoms with Crippen molar-refractivity contribution in [2.45, 2.75) is 26.3 Å². The molecule has 0 aromatic heterocycles. The van der Waals surface area contributed by atoms with Crippen LogP contribution in [0, 0.1) is 13.8 Å². The number of para-hydroxylation sites is 1. The third kappa shape index (κ3) is 2.59. The Hall–Kier alpha value is -1.55. The summed E-state index contributed by atoms with van der Waals surface area (Å²) >= 11 is 5.68. The maximum Gasteiger partial charge on any atom is 0.329 e. The van der Waals surface area contributed by atoms with Crippen molar-refractivity contribution in [2.24, 2.45) is 0 Å². The maximum atomic E-state index is 12.1. The molecule has 0 spiro atoms. The van der Waals surface area contributed by atoms with E-state index in [0.29, 0.717) is 13.0 Å². The van der Waals surface area contributed by atoms with Gasteiger partial charge in [0.25, 0.3) is 0 Å². The van der Waals surface area contributed by atoms with Gasteiger partial charge >= 0.3 is 5.97 Å². The molecule has 1 atom stereocenters. The molecule has 1 fully saturated rings. The van der Waals surface area contributed by atoms with Crippen LogP contribution < -0.4 is 4.90 Å². The Labute approximate surface area is 117 Å². The number of ether oxygens (including phenoxy) is 1. The van der Waals surface area contributed by atoms with Gasteiger partial charge in [0.15, 0.2) is 0 Å². The van der Waals surface area contributed by atoms with Crippen LogP contribution in [0.15, 0.2) is 18.2 Å². The summed E-state index contributed by atoms with van der Waals surface area (Å²) in [5.41, 5.74) is 2.65. The van der Waals surface area contributed by atoms with Crippen molar-refractivity contribution in [3.8, 4) is 0 Å². The van der Waals surface area contributed by atoms with Crippen molar-refractivity contribution in [3.05, 3.63) is 29.3 Å². The highest BCUT2D eigenvalue weighted by Crippen LogP contribution is 2.29. The minimum atomic E-state index is -0.564. The minimum absolute atomic E-state index is 0.155. The Morgan fingerprint density at radius 2 is 2.05 bits per heavy atom. The molecular weight excluding hydrogens is 266 g/mol. The van der Waals surface area contributed by atoms with Crippen molar-refractivity contribution in [3.63, 3.8) is 0 Å². The Bertz CT molecular complexity index is 495. The zero-order valence-electron chi connectivity index (χ0n) is 11.0. The molecule has 0 aliphatic carbocycles. The highest BCUT2D eigenvalue weighted by Gasteiger charge is 2.37. The molecule has 4 nitrogen and oxygen atoms in total. The number of alkyl halides is 1. The number of benzene rings is 1. The molecule has 1 aromatic carbocycles. The van der Waals surface area contributed by atoms with E-state index < -0.39 is 6.04 Å². The van der Waals surface area contributed by atoms with Crippen molar-refractivity contribution >= 4 is 29.2 Å². The van der Waals surface area contributed by atoms with E-state index in [1.54, 1.807) is 0 Å². The molecule has 19 heavy (non-hydrogen) atoms. The first-order chi connectivity index (χ1) is 9.06. The van der Waals surface area contributed by atoms with Gasteiger partial charge in [-0.2, -0.15) is 0 Å². The van der Waals surface area contributed by atoms with Gasteiger partial charge < -0.3 is 4.74 Å². The summed E-state index contributed by atoms with van der Waals surface area (Å²) in [6, 6.07) is 5.18.